The maximum Gasteiger partial charge on any atom is 0.224 e. The van der Waals surface area contributed by atoms with Gasteiger partial charge < -0.3 is 4.90 Å². The molecule has 1 aliphatic rings. The average molecular weight is 214 g/mol. The SMILES string of the molecule is CS(=O)CCCN1CC(C#N)CC1=O. The van der Waals surface area contributed by atoms with Crippen molar-refractivity contribution in [3.8, 4) is 6.07 Å². The van der Waals surface area contributed by atoms with Crippen LogP contribution in [0, 0.1) is 17.2 Å². The second-order valence-corrected chi connectivity index (χ2v) is 5.06. The molecule has 2 atom stereocenters. The van der Waals surface area contributed by atoms with Crippen molar-refractivity contribution in [3.63, 3.8) is 0 Å². The molecule has 0 aliphatic carbocycles. The highest BCUT2D eigenvalue weighted by molar-refractivity contribution is 7.84. The molecule has 4 nitrogen and oxygen atoms in total. The fraction of sp³-hybridized carbons (Fsp3) is 0.778. The van der Waals surface area contributed by atoms with Crippen LogP contribution in [-0.2, 0) is 15.6 Å². The van der Waals surface area contributed by atoms with Crippen molar-refractivity contribution in [2.75, 3.05) is 25.1 Å². The molecule has 0 N–H and O–H groups in total. The minimum Gasteiger partial charge on any atom is -0.341 e. The van der Waals surface area contributed by atoms with Crippen molar-refractivity contribution in [3.05, 3.63) is 0 Å². The minimum atomic E-state index is -0.790. The van der Waals surface area contributed by atoms with Crippen molar-refractivity contribution >= 4 is 16.7 Å². The van der Waals surface area contributed by atoms with E-state index in [4.69, 9.17) is 5.26 Å². The molecule has 0 radical (unpaired) electrons. The summed E-state index contributed by atoms with van der Waals surface area (Å²) in [4.78, 5) is 13.0. The lowest BCUT2D eigenvalue weighted by atomic mass is 10.1. The van der Waals surface area contributed by atoms with E-state index in [1.54, 1.807) is 11.2 Å². The molecule has 1 aliphatic heterocycles. The van der Waals surface area contributed by atoms with Crippen LogP contribution >= 0.6 is 0 Å². The highest BCUT2D eigenvalue weighted by Crippen LogP contribution is 2.16. The highest BCUT2D eigenvalue weighted by Gasteiger charge is 2.28. The van der Waals surface area contributed by atoms with Gasteiger partial charge in [0.05, 0.1) is 12.0 Å². The number of rotatable bonds is 4. The molecular formula is C9H14N2O2S. The fourth-order valence-electron chi connectivity index (χ4n) is 1.53. The summed E-state index contributed by atoms with van der Waals surface area (Å²) in [6, 6.07) is 2.10. The Labute approximate surface area is 86.3 Å². The van der Waals surface area contributed by atoms with E-state index < -0.39 is 10.8 Å². The topological polar surface area (TPSA) is 61.2 Å². The van der Waals surface area contributed by atoms with Gasteiger partial charge in [-0.3, -0.25) is 9.00 Å². The van der Waals surface area contributed by atoms with E-state index in [0.29, 0.717) is 25.3 Å². The van der Waals surface area contributed by atoms with Gasteiger partial charge in [-0.25, -0.2) is 0 Å². The second-order valence-electron chi connectivity index (χ2n) is 3.50. The van der Waals surface area contributed by atoms with Crippen molar-refractivity contribution in [1.82, 2.24) is 4.90 Å². The zero-order valence-electron chi connectivity index (χ0n) is 8.23. The highest BCUT2D eigenvalue weighted by atomic mass is 32.2. The lowest BCUT2D eigenvalue weighted by Gasteiger charge is -2.14. The van der Waals surface area contributed by atoms with E-state index in [9.17, 15) is 9.00 Å². The Morgan fingerprint density at radius 1 is 1.71 bits per heavy atom. The van der Waals surface area contributed by atoms with Crippen LogP contribution in [0.1, 0.15) is 12.8 Å². The summed E-state index contributed by atoms with van der Waals surface area (Å²) >= 11 is 0. The summed E-state index contributed by atoms with van der Waals surface area (Å²) in [5.74, 6) is 0.536. The Bertz CT molecular complexity index is 285. The van der Waals surface area contributed by atoms with Crippen LogP contribution < -0.4 is 0 Å². The molecule has 1 rings (SSSR count). The number of carbonyl (C=O) groups is 1. The lowest BCUT2D eigenvalue weighted by molar-refractivity contribution is -0.127. The van der Waals surface area contributed by atoms with Crippen molar-refractivity contribution in [2.24, 2.45) is 5.92 Å². The van der Waals surface area contributed by atoms with Gasteiger partial charge in [0.15, 0.2) is 0 Å². The number of nitrogens with zero attached hydrogens (tertiary/aromatic N) is 2. The first-order valence-electron chi connectivity index (χ1n) is 4.61. The first-order chi connectivity index (χ1) is 6.63. The molecule has 0 saturated carbocycles. The van der Waals surface area contributed by atoms with Crippen molar-refractivity contribution in [1.29, 1.82) is 5.26 Å². The van der Waals surface area contributed by atoms with Crippen LogP contribution in [0.15, 0.2) is 0 Å². The Balaban J connectivity index is 2.29. The molecular weight excluding hydrogens is 200 g/mol. The largest absolute Gasteiger partial charge is 0.341 e. The standard InChI is InChI=1S/C9H14N2O2S/c1-14(13)4-2-3-11-7-8(6-10)5-9(11)12/h8H,2-5,7H2,1H3. The summed E-state index contributed by atoms with van der Waals surface area (Å²) in [6.45, 7) is 1.18. The molecule has 0 aromatic rings. The average Bonchev–Trinajstić information content (AvgIpc) is 2.47. The molecule has 5 heteroatoms. The van der Waals surface area contributed by atoms with E-state index in [2.05, 4.69) is 6.07 Å². The number of hydrogen-bond acceptors (Lipinski definition) is 3. The van der Waals surface area contributed by atoms with Crippen LogP contribution in [0.3, 0.4) is 0 Å². The summed E-state index contributed by atoms with van der Waals surface area (Å²) in [5.41, 5.74) is 0. The third-order valence-electron chi connectivity index (χ3n) is 2.26. The van der Waals surface area contributed by atoms with E-state index in [1.807, 2.05) is 0 Å². The third-order valence-corrected chi connectivity index (χ3v) is 3.12. The van der Waals surface area contributed by atoms with Gasteiger partial charge in [0.1, 0.15) is 0 Å². The van der Waals surface area contributed by atoms with E-state index >= 15 is 0 Å². The predicted octanol–water partition coefficient (Wildman–Crippen LogP) is 0.127. The van der Waals surface area contributed by atoms with Crippen molar-refractivity contribution in [2.45, 2.75) is 12.8 Å². The smallest absolute Gasteiger partial charge is 0.224 e. The molecule has 0 spiro atoms. The maximum absolute atomic E-state index is 11.3. The van der Waals surface area contributed by atoms with Crippen LogP contribution in [0.2, 0.25) is 0 Å². The molecule has 0 bridgehead atoms. The second kappa shape index (κ2) is 5.11. The Hall–Kier alpha value is -0.890. The molecule has 1 fully saturated rings. The van der Waals surface area contributed by atoms with Crippen LogP contribution in [0.25, 0.3) is 0 Å². The first kappa shape index (κ1) is 11.2. The zero-order valence-corrected chi connectivity index (χ0v) is 9.05. The van der Waals surface area contributed by atoms with Crippen LogP contribution in [0.4, 0.5) is 0 Å². The van der Waals surface area contributed by atoms with Gasteiger partial charge in [-0.2, -0.15) is 5.26 Å². The van der Waals surface area contributed by atoms with Crippen molar-refractivity contribution < 1.29 is 9.00 Å². The van der Waals surface area contributed by atoms with Gasteiger partial charge in [0, 0.05) is 42.3 Å². The minimum absolute atomic E-state index is 0.0541. The first-order valence-corrected chi connectivity index (χ1v) is 6.33. The number of amides is 1. The van der Waals surface area contributed by atoms with E-state index in [-0.39, 0.29) is 11.8 Å². The summed E-state index contributed by atoms with van der Waals surface area (Å²) in [6.07, 6.45) is 2.77. The van der Waals surface area contributed by atoms with Gasteiger partial charge in [-0.15, -0.1) is 0 Å². The lowest BCUT2D eigenvalue weighted by Crippen LogP contribution is -2.27. The van der Waals surface area contributed by atoms with Gasteiger partial charge in [0.25, 0.3) is 0 Å². The summed E-state index contributed by atoms with van der Waals surface area (Å²) < 4.78 is 10.8. The predicted molar refractivity (Wildman–Crippen MR) is 53.9 cm³/mol. The Morgan fingerprint density at radius 2 is 2.43 bits per heavy atom. The quantitative estimate of drug-likeness (QED) is 0.668. The van der Waals surface area contributed by atoms with E-state index in [0.717, 1.165) is 6.42 Å². The monoisotopic (exact) mass is 214 g/mol. The van der Waals surface area contributed by atoms with Gasteiger partial charge in [-0.1, -0.05) is 0 Å². The third kappa shape index (κ3) is 3.11. The van der Waals surface area contributed by atoms with Gasteiger partial charge in [0.2, 0.25) is 5.91 Å². The molecule has 78 valence electrons. The number of nitriles is 1. The van der Waals surface area contributed by atoms with E-state index in [1.165, 1.54) is 0 Å². The molecule has 1 amide bonds. The summed E-state index contributed by atoms with van der Waals surface area (Å²) in [7, 11) is -0.790. The Morgan fingerprint density at radius 3 is 2.93 bits per heavy atom. The number of likely N-dealkylation sites (tertiary alicyclic amines) is 1. The normalized spacial score (nSPS) is 23.6. The number of hydrogen-bond donors (Lipinski definition) is 0. The number of carbonyl (C=O) groups excluding carboxylic acids is 1. The Kier molecular flexibility index (Phi) is 4.08. The molecule has 0 aromatic carbocycles. The summed E-state index contributed by atoms with van der Waals surface area (Å²) in [5, 5.41) is 8.64. The molecule has 1 saturated heterocycles. The molecule has 14 heavy (non-hydrogen) atoms. The molecule has 2 unspecified atom stereocenters. The molecule has 0 aromatic heterocycles. The fourth-order valence-corrected chi connectivity index (χ4v) is 2.07. The molecule has 1 heterocycles. The van der Waals surface area contributed by atoms with Crippen LogP contribution in [0.5, 0.6) is 0 Å². The maximum atomic E-state index is 11.3. The zero-order chi connectivity index (χ0) is 10.6. The van der Waals surface area contributed by atoms with Gasteiger partial charge >= 0.3 is 0 Å². The van der Waals surface area contributed by atoms with Gasteiger partial charge in [-0.05, 0) is 6.42 Å². The van der Waals surface area contributed by atoms with Crippen LogP contribution in [-0.4, -0.2) is 40.1 Å².